The van der Waals surface area contributed by atoms with E-state index >= 15 is 0 Å². The molecule has 2 rings (SSSR count). The van der Waals surface area contributed by atoms with Crippen LogP contribution in [-0.4, -0.2) is 83.4 Å². The van der Waals surface area contributed by atoms with E-state index < -0.39 is 54.8 Å². The molecule has 0 heterocycles. The zero-order valence-corrected chi connectivity index (χ0v) is 24.9. The maximum Gasteiger partial charge on any atom is 0.408 e. The lowest BCUT2D eigenvalue weighted by molar-refractivity contribution is -0.139. The molecule has 6 N–H and O–H groups in total. The average molecular weight is 653 g/mol. The molecule has 15 heteroatoms. The first-order chi connectivity index (χ1) is 19.7. The second-order valence-corrected chi connectivity index (χ2v) is 10.6. The number of hydrogen-bond donors (Lipinski definition) is 6. The summed E-state index contributed by atoms with van der Waals surface area (Å²) in [5.74, 6) is -2.36. The van der Waals surface area contributed by atoms with E-state index in [9.17, 15) is 29.4 Å². The minimum atomic E-state index is -1.41. The minimum Gasteiger partial charge on any atom is -0.508 e. The highest BCUT2D eigenvalue weighted by molar-refractivity contribution is 9.10. The molecule has 0 saturated heterocycles. The van der Waals surface area contributed by atoms with Gasteiger partial charge in [-0.25, -0.2) is 15.0 Å². The van der Waals surface area contributed by atoms with Crippen LogP contribution < -0.4 is 25.5 Å². The van der Waals surface area contributed by atoms with Crippen molar-refractivity contribution in [2.75, 3.05) is 20.3 Å². The first-order valence-electron chi connectivity index (χ1n) is 12.5. The lowest BCUT2D eigenvalue weighted by Gasteiger charge is -2.24. The Balaban J connectivity index is 2.20. The standard InChI is InChI=1S/C27H33BrN4O10/c1-27(2,3)42-26(39)31-20(13-33)24(37)30-19(10-15-5-7-17(34)8-6-15)25(38)32-29-12-16-9-18(28)23(21(11-16)40-4)41-14-22(35)36/h5-9,11-12,19-20,33-34H,10,13-14H2,1-4H3,(H,30,37)(H,31,39)(H,32,38)(H,35,36)/b29-12-/t19-,20-/m0/s1. The van der Waals surface area contributed by atoms with Gasteiger partial charge in [-0.3, -0.25) is 9.59 Å². The van der Waals surface area contributed by atoms with E-state index in [1.165, 1.54) is 31.5 Å². The number of carbonyl (C=O) groups excluding carboxylic acids is 3. The summed E-state index contributed by atoms with van der Waals surface area (Å²) in [6, 6.07) is 6.39. The van der Waals surface area contributed by atoms with E-state index in [2.05, 4.69) is 37.1 Å². The van der Waals surface area contributed by atoms with Crippen LogP contribution in [0.4, 0.5) is 4.79 Å². The summed E-state index contributed by atoms with van der Waals surface area (Å²) >= 11 is 3.28. The number of hydrogen-bond acceptors (Lipinski definition) is 10. The second-order valence-electron chi connectivity index (χ2n) is 9.76. The number of nitrogens with one attached hydrogen (secondary N) is 3. The number of aliphatic carboxylic acids is 1. The predicted molar refractivity (Wildman–Crippen MR) is 154 cm³/mol. The molecule has 0 aliphatic heterocycles. The topological polar surface area (TPSA) is 205 Å². The van der Waals surface area contributed by atoms with Crippen LogP contribution in [0.1, 0.15) is 31.9 Å². The van der Waals surface area contributed by atoms with Crippen LogP contribution in [0.25, 0.3) is 0 Å². The van der Waals surface area contributed by atoms with Gasteiger partial charge in [-0.1, -0.05) is 12.1 Å². The van der Waals surface area contributed by atoms with Crippen LogP contribution in [0.3, 0.4) is 0 Å². The normalized spacial score (nSPS) is 12.6. The van der Waals surface area contributed by atoms with E-state index in [0.717, 1.165) is 0 Å². The number of aromatic hydroxyl groups is 1. The van der Waals surface area contributed by atoms with Gasteiger partial charge < -0.3 is 40.2 Å². The van der Waals surface area contributed by atoms with Crippen molar-refractivity contribution in [3.63, 3.8) is 0 Å². The van der Waals surface area contributed by atoms with Gasteiger partial charge in [0.1, 0.15) is 23.4 Å². The number of carboxylic acid groups (broad SMARTS) is 1. The number of alkyl carbamates (subject to hydrolysis) is 1. The number of methoxy groups -OCH3 is 1. The van der Waals surface area contributed by atoms with Crippen LogP contribution in [0, 0.1) is 0 Å². The van der Waals surface area contributed by atoms with Gasteiger partial charge in [-0.15, -0.1) is 0 Å². The second kappa shape index (κ2) is 15.6. The fourth-order valence-corrected chi connectivity index (χ4v) is 3.90. The van der Waals surface area contributed by atoms with Crippen LogP contribution in [-0.2, 0) is 25.5 Å². The van der Waals surface area contributed by atoms with Crippen LogP contribution in [0.15, 0.2) is 46.0 Å². The molecule has 0 aliphatic rings. The Morgan fingerprint density at radius 2 is 1.71 bits per heavy atom. The van der Waals surface area contributed by atoms with Gasteiger partial charge in [0, 0.05) is 6.42 Å². The molecule has 0 bridgehead atoms. The third kappa shape index (κ3) is 11.2. The Kier molecular flexibility index (Phi) is 12.6. The molecule has 0 radical (unpaired) electrons. The minimum absolute atomic E-state index is 0.0104. The van der Waals surface area contributed by atoms with Crippen molar-refractivity contribution in [2.45, 2.75) is 44.9 Å². The molecule has 2 aromatic carbocycles. The molecule has 0 aliphatic carbocycles. The van der Waals surface area contributed by atoms with Gasteiger partial charge in [-0.2, -0.15) is 5.10 Å². The number of benzene rings is 2. The number of hydrazone groups is 1. The molecule has 0 spiro atoms. The highest BCUT2D eigenvalue weighted by atomic mass is 79.9. The van der Waals surface area contributed by atoms with Gasteiger partial charge >= 0.3 is 12.1 Å². The van der Waals surface area contributed by atoms with Crippen molar-refractivity contribution in [3.05, 3.63) is 52.0 Å². The highest BCUT2D eigenvalue weighted by Crippen LogP contribution is 2.36. The molecule has 0 aromatic heterocycles. The van der Waals surface area contributed by atoms with Crippen LogP contribution in [0.5, 0.6) is 17.2 Å². The molecule has 2 atom stereocenters. The van der Waals surface area contributed by atoms with E-state index in [0.29, 0.717) is 15.6 Å². The summed E-state index contributed by atoms with van der Waals surface area (Å²) in [5.41, 5.74) is 2.53. The Labute approximate surface area is 250 Å². The Morgan fingerprint density at radius 1 is 1.05 bits per heavy atom. The Bertz CT molecular complexity index is 1300. The van der Waals surface area contributed by atoms with Gasteiger partial charge in [-0.05, 0) is 72.1 Å². The molecule has 42 heavy (non-hydrogen) atoms. The number of carbonyl (C=O) groups is 4. The zero-order chi connectivity index (χ0) is 31.4. The number of phenols is 1. The average Bonchev–Trinajstić information content (AvgIpc) is 2.90. The largest absolute Gasteiger partial charge is 0.508 e. The van der Waals surface area contributed by atoms with Crippen molar-refractivity contribution in [1.82, 2.24) is 16.1 Å². The maximum atomic E-state index is 13.1. The predicted octanol–water partition coefficient (Wildman–Crippen LogP) is 1.69. The number of amides is 3. The van der Waals surface area contributed by atoms with Gasteiger partial charge in [0.15, 0.2) is 18.1 Å². The number of nitrogens with zero attached hydrogens (tertiary/aromatic N) is 1. The summed E-state index contributed by atoms with van der Waals surface area (Å²) in [6.45, 7) is 3.55. The number of aliphatic hydroxyl groups excluding tert-OH is 1. The Morgan fingerprint density at radius 3 is 2.29 bits per heavy atom. The maximum absolute atomic E-state index is 13.1. The van der Waals surface area contributed by atoms with Crippen LogP contribution in [0.2, 0.25) is 0 Å². The van der Waals surface area contributed by atoms with Crippen molar-refractivity contribution in [1.29, 1.82) is 0 Å². The summed E-state index contributed by atoms with van der Waals surface area (Å²) in [7, 11) is 1.37. The zero-order valence-electron chi connectivity index (χ0n) is 23.3. The molecule has 228 valence electrons. The molecular formula is C27H33BrN4O10. The molecule has 0 unspecified atom stereocenters. The van der Waals surface area contributed by atoms with E-state index in [-0.39, 0.29) is 23.7 Å². The monoisotopic (exact) mass is 652 g/mol. The third-order valence-electron chi connectivity index (χ3n) is 5.18. The molecule has 0 saturated carbocycles. The lowest BCUT2D eigenvalue weighted by atomic mass is 10.0. The summed E-state index contributed by atoms with van der Waals surface area (Å²) < 4.78 is 16.0. The highest BCUT2D eigenvalue weighted by Gasteiger charge is 2.28. The number of ether oxygens (including phenoxy) is 3. The number of aliphatic hydroxyl groups is 1. The third-order valence-corrected chi connectivity index (χ3v) is 5.77. The first kappa shape index (κ1) is 33.8. The van der Waals surface area contributed by atoms with Crippen molar-refractivity contribution >= 4 is 46.0 Å². The van der Waals surface area contributed by atoms with E-state index in [1.807, 2.05) is 0 Å². The molecule has 0 fully saturated rings. The van der Waals surface area contributed by atoms with Crippen molar-refractivity contribution in [3.8, 4) is 17.2 Å². The Hall–Kier alpha value is -4.37. The summed E-state index contributed by atoms with van der Waals surface area (Å²) in [4.78, 5) is 48.9. The van der Waals surface area contributed by atoms with Gasteiger partial charge in [0.2, 0.25) is 5.91 Å². The molecule has 2 aromatic rings. The van der Waals surface area contributed by atoms with Crippen molar-refractivity contribution in [2.24, 2.45) is 5.10 Å². The number of carboxylic acids is 1. The molecule has 3 amide bonds. The van der Waals surface area contributed by atoms with E-state index in [4.69, 9.17) is 19.3 Å². The smallest absolute Gasteiger partial charge is 0.408 e. The fraction of sp³-hybridized carbons (Fsp3) is 0.370. The lowest BCUT2D eigenvalue weighted by Crippen LogP contribution is -2.55. The molecule has 14 nitrogen and oxygen atoms in total. The van der Waals surface area contributed by atoms with Crippen molar-refractivity contribution < 1.29 is 48.7 Å². The van der Waals surface area contributed by atoms with Crippen LogP contribution >= 0.6 is 15.9 Å². The van der Waals surface area contributed by atoms with Gasteiger partial charge in [0.05, 0.1) is 24.4 Å². The molecular weight excluding hydrogens is 620 g/mol. The quantitative estimate of drug-likeness (QED) is 0.136. The first-order valence-corrected chi connectivity index (χ1v) is 13.3. The summed E-state index contributed by atoms with van der Waals surface area (Å²) in [5, 5.41) is 36.8. The fourth-order valence-electron chi connectivity index (χ4n) is 3.33. The van der Waals surface area contributed by atoms with Gasteiger partial charge in [0.25, 0.3) is 5.91 Å². The number of halogens is 1. The summed E-state index contributed by atoms with van der Waals surface area (Å²) in [6.07, 6.45) is 0.334. The van der Waals surface area contributed by atoms with E-state index in [1.54, 1.807) is 39.0 Å². The number of phenolic OH excluding ortho intramolecular Hbond substituents is 1. The number of rotatable bonds is 13. The SMILES string of the molecule is COc1cc(/C=N\NC(=O)[C@H](Cc2ccc(O)cc2)NC(=O)[C@H](CO)NC(=O)OC(C)(C)C)cc(Br)c1OCC(=O)O.